The minimum atomic E-state index is -4.30. The number of likely N-dealkylation sites (N-methyl/N-ethyl adjacent to an activating group) is 1. The van der Waals surface area contributed by atoms with Gasteiger partial charge in [0, 0.05) is 6.42 Å². The molecule has 0 rings (SSSR count). The number of carbonyl (C=O) groups excluding carboxylic acids is 1. The van der Waals surface area contributed by atoms with E-state index in [4.69, 9.17) is 9.05 Å². The van der Waals surface area contributed by atoms with Gasteiger partial charge >= 0.3 is 7.82 Å². The Morgan fingerprint density at radius 1 is 0.577 bits per heavy atom. The summed E-state index contributed by atoms with van der Waals surface area (Å²) in [7, 11) is 1.63. The number of aliphatic hydroxyl groups excluding tert-OH is 1. The molecule has 0 aromatic rings. The number of nitrogens with one attached hydrogen (secondary N) is 1. The molecule has 0 bridgehead atoms. The van der Waals surface area contributed by atoms with Gasteiger partial charge in [-0.05, 0) is 12.8 Å². The van der Waals surface area contributed by atoms with Crippen molar-refractivity contribution in [3.05, 3.63) is 0 Å². The fourth-order valence-electron chi connectivity index (χ4n) is 6.75. The molecule has 1 unspecified atom stereocenters. The second-order valence-electron chi connectivity index (χ2n) is 16.8. The molecular weight excluding hydrogens is 671 g/mol. The molecule has 0 aliphatic rings. The number of aliphatic hydroxyl groups is 1. The average Bonchev–Trinajstić information content (AvgIpc) is 3.09. The van der Waals surface area contributed by atoms with Crippen LogP contribution >= 0.6 is 7.82 Å². The van der Waals surface area contributed by atoms with E-state index in [2.05, 4.69) is 19.2 Å². The van der Waals surface area contributed by atoms with E-state index in [1.54, 1.807) is 0 Å². The van der Waals surface area contributed by atoms with Gasteiger partial charge < -0.3 is 19.8 Å². The highest BCUT2D eigenvalue weighted by atomic mass is 31.2. The average molecular weight is 762 g/mol. The molecule has 9 heteroatoms. The Bertz CT molecular complexity index is 824. The smallest absolute Gasteiger partial charge is 0.391 e. The maximum absolute atomic E-state index is 12.9. The molecule has 312 valence electrons. The van der Waals surface area contributed by atoms with Crippen LogP contribution in [0.2, 0.25) is 0 Å². The van der Waals surface area contributed by atoms with E-state index >= 15 is 0 Å². The van der Waals surface area contributed by atoms with E-state index in [0.717, 1.165) is 38.5 Å². The number of amides is 1. The summed E-state index contributed by atoms with van der Waals surface area (Å²) < 4.78 is 23.6. The maximum Gasteiger partial charge on any atom is 0.472 e. The molecule has 0 aromatic heterocycles. The molecule has 0 aliphatic carbocycles. The predicted molar refractivity (Wildman–Crippen MR) is 222 cm³/mol. The summed E-state index contributed by atoms with van der Waals surface area (Å²) in [6, 6.07) is -0.751. The number of hydrogen-bond acceptors (Lipinski definition) is 5. The summed E-state index contributed by atoms with van der Waals surface area (Å²) in [5.41, 5.74) is 0. The fraction of sp³-hybridized carbons (Fsp3) is 0.977. The molecule has 3 atom stereocenters. The quantitative estimate of drug-likeness (QED) is 0.0325. The molecule has 0 aromatic carbocycles. The van der Waals surface area contributed by atoms with Crippen LogP contribution in [0, 0.1) is 0 Å². The van der Waals surface area contributed by atoms with Crippen molar-refractivity contribution >= 4 is 13.7 Å². The minimum absolute atomic E-state index is 0.0784. The van der Waals surface area contributed by atoms with Crippen LogP contribution < -0.4 is 5.32 Å². The van der Waals surface area contributed by atoms with E-state index < -0.39 is 20.0 Å². The Kier molecular flexibility index (Phi) is 35.8. The van der Waals surface area contributed by atoms with Crippen molar-refractivity contribution in [2.45, 2.75) is 231 Å². The van der Waals surface area contributed by atoms with Crippen LogP contribution in [0.25, 0.3) is 0 Å². The molecule has 0 saturated heterocycles. The first-order valence-corrected chi connectivity index (χ1v) is 23.9. The predicted octanol–water partition coefficient (Wildman–Crippen LogP) is 12.2. The lowest BCUT2D eigenvalue weighted by molar-refractivity contribution is -0.870. The second-order valence-corrected chi connectivity index (χ2v) is 18.2. The number of quaternary nitrogens is 1. The van der Waals surface area contributed by atoms with E-state index in [-0.39, 0.29) is 19.1 Å². The van der Waals surface area contributed by atoms with Crippen molar-refractivity contribution < 1.29 is 32.9 Å². The zero-order valence-electron chi connectivity index (χ0n) is 35.3. The van der Waals surface area contributed by atoms with Gasteiger partial charge in [0.05, 0.1) is 39.9 Å². The van der Waals surface area contributed by atoms with Gasteiger partial charge in [-0.3, -0.25) is 13.8 Å². The third-order valence-corrected chi connectivity index (χ3v) is 11.3. The zero-order chi connectivity index (χ0) is 38.6. The molecule has 0 saturated carbocycles. The Balaban J connectivity index is 4.25. The Morgan fingerprint density at radius 3 is 1.29 bits per heavy atom. The van der Waals surface area contributed by atoms with Gasteiger partial charge in [0.25, 0.3) is 0 Å². The third-order valence-electron chi connectivity index (χ3n) is 10.4. The van der Waals surface area contributed by atoms with Gasteiger partial charge in [-0.25, -0.2) is 4.57 Å². The summed E-state index contributed by atoms with van der Waals surface area (Å²) in [6.07, 6.45) is 38.4. The summed E-state index contributed by atoms with van der Waals surface area (Å²) >= 11 is 0. The van der Waals surface area contributed by atoms with E-state index in [0.29, 0.717) is 23.9 Å². The Morgan fingerprint density at radius 2 is 0.923 bits per heavy atom. The van der Waals surface area contributed by atoms with Crippen molar-refractivity contribution in [1.29, 1.82) is 0 Å². The van der Waals surface area contributed by atoms with Crippen LogP contribution in [0.3, 0.4) is 0 Å². The van der Waals surface area contributed by atoms with Crippen LogP contribution in [0.5, 0.6) is 0 Å². The second kappa shape index (κ2) is 36.2. The van der Waals surface area contributed by atoms with Crippen LogP contribution in [-0.4, -0.2) is 73.4 Å². The lowest BCUT2D eigenvalue weighted by atomic mass is 10.0. The van der Waals surface area contributed by atoms with Gasteiger partial charge in [-0.15, -0.1) is 0 Å². The first-order valence-electron chi connectivity index (χ1n) is 22.4. The van der Waals surface area contributed by atoms with Crippen LogP contribution in [0.15, 0.2) is 0 Å². The molecule has 3 N–H and O–H groups in total. The molecule has 1 amide bonds. The molecule has 0 aliphatic heterocycles. The topological polar surface area (TPSA) is 105 Å². The number of hydrogen-bond donors (Lipinski definition) is 3. The highest BCUT2D eigenvalue weighted by Crippen LogP contribution is 2.43. The normalized spacial score (nSPS) is 14.4. The number of carbonyl (C=O) groups is 1. The summed E-state index contributed by atoms with van der Waals surface area (Å²) in [5, 5.41) is 13.9. The molecule has 0 fully saturated rings. The summed E-state index contributed by atoms with van der Waals surface area (Å²) in [4.78, 5) is 23.1. The molecule has 52 heavy (non-hydrogen) atoms. The van der Waals surface area contributed by atoms with Gasteiger partial charge in [-0.1, -0.05) is 200 Å². The molecule has 0 radical (unpaired) electrons. The largest absolute Gasteiger partial charge is 0.472 e. The highest BCUT2D eigenvalue weighted by molar-refractivity contribution is 7.47. The monoisotopic (exact) mass is 762 g/mol. The number of phosphoric ester groups is 1. The molecule has 0 heterocycles. The van der Waals surface area contributed by atoms with Crippen LogP contribution in [0.1, 0.15) is 219 Å². The van der Waals surface area contributed by atoms with Crippen molar-refractivity contribution in [3.63, 3.8) is 0 Å². The lowest BCUT2D eigenvalue weighted by Crippen LogP contribution is -2.46. The van der Waals surface area contributed by atoms with Gasteiger partial charge in [-0.2, -0.15) is 0 Å². The van der Waals surface area contributed by atoms with E-state index in [1.165, 1.54) is 154 Å². The number of phosphoric acid groups is 1. The zero-order valence-corrected chi connectivity index (χ0v) is 36.2. The first kappa shape index (κ1) is 51.5. The highest BCUT2D eigenvalue weighted by Gasteiger charge is 2.28. The fourth-order valence-corrected chi connectivity index (χ4v) is 7.49. The van der Waals surface area contributed by atoms with Gasteiger partial charge in [0.2, 0.25) is 5.91 Å². The number of rotatable bonds is 41. The number of nitrogens with zero attached hydrogens (tertiary/aromatic N) is 1. The van der Waals surface area contributed by atoms with Crippen LogP contribution in [-0.2, 0) is 18.4 Å². The van der Waals surface area contributed by atoms with E-state index in [9.17, 15) is 19.4 Å². The molecule has 0 spiro atoms. The van der Waals surface area contributed by atoms with Gasteiger partial charge in [0.1, 0.15) is 13.2 Å². The standard InChI is InChI=1S/C43H89N2O6P/c1-6-8-10-12-14-16-18-19-20-21-22-23-24-25-27-29-31-33-35-37-43(47)44-41(40-51-52(48,49)50-39-38-45(3,4)5)42(46)36-34-32-30-28-26-17-15-13-11-9-7-2/h41-42,46H,6-40H2,1-5H3,(H-,44,47,48,49)/p+1/t41-,42+/m0/s1. The third kappa shape index (κ3) is 37.8. The van der Waals surface area contributed by atoms with Crippen LogP contribution in [0.4, 0.5) is 0 Å². The number of unbranched alkanes of at least 4 members (excludes halogenated alkanes) is 28. The first-order chi connectivity index (χ1) is 25.0. The van der Waals surface area contributed by atoms with Crippen molar-refractivity contribution in [1.82, 2.24) is 5.32 Å². The lowest BCUT2D eigenvalue weighted by Gasteiger charge is -2.26. The summed E-state index contributed by atoms with van der Waals surface area (Å²) in [6.45, 7) is 4.90. The minimum Gasteiger partial charge on any atom is -0.391 e. The molecule has 8 nitrogen and oxygen atoms in total. The molecular formula is C43H90N2O6P+. The summed E-state index contributed by atoms with van der Waals surface area (Å²) in [5.74, 6) is -0.141. The van der Waals surface area contributed by atoms with Crippen molar-refractivity contribution in [3.8, 4) is 0 Å². The van der Waals surface area contributed by atoms with Gasteiger partial charge in [0.15, 0.2) is 0 Å². The van der Waals surface area contributed by atoms with Crippen molar-refractivity contribution in [2.24, 2.45) is 0 Å². The maximum atomic E-state index is 12.9. The SMILES string of the molecule is CCCCCCCCCCCCCCCCCCCCCC(=O)N[C@@H](COP(=O)(O)OCC[N+](C)(C)C)[C@H](O)CCCCCCCCCCCCC. The van der Waals surface area contributed by atoms with Crippen molar-refractivity contribution in [2.75, 3.05) is 40.9 Å². The van der Waals surface area contributed by atoms with E-state index in [1.807, 2.05) is 21.1 Å². The Hall–Kier alpha value is -0.500. The Labute approximate surface area is 323 Å².